The van der Waals surface area contributed by atoms with Crippen molar-refractivity contribution in [1.82, 2.24) is 5.23 Å². The Balaban J connectivity index is 3.32. The Hall–Kier alpha value is 0.0249. The van der Waals surface area contributed by atoms with E-state index in [-0.39, 0.29) is 0 Å². The lowest BCUT2D eigenvalue weighted by Crippen LogP contribution is -2.33. The summed E-state index contributed by atoms with van der Waals surface area (Å²) in [5, 5.41) is 3.27. The van der Waals surface area contributed by atoms with E-state index in [0.29, 0.717) is 6.04 Å². The third-order valence-electron chi connectivity index (χ3n) is 1.93. The van der Waals surface area contributed by atoms with Crippen LogP contribution in [0.4, 0.5) is 0 Å². The van der Waals surface area contributed by atoms with Gasteiger partial charge in [-0.1, -0.05) is 34.0 Å². The van der Waals surface area contributed by atoms with E-state index in [0.717, 1.165) is 5.92 Å². The molecule has 1 radical (unpaired) electrons. The lowest BCUT2D eigenvalue weighted by atomic mass is 9.92. The standard InChI is InChI=1S/C7H17BN/c1-5-6(2)7(3)9-8-4/h6-7,9H,5H2,1-4H3. The Bertz CT molecular complexity index is 65.9. The highest BCUT2D eigenvalue weighted by Gasteiger charge is 2.06. The van der Waals surface area contributed by atoms with Gasteiger partial charge in [0.05, 0.1) is 0 Å². The van der Waals surface area contributed by atoms with E-state index in [1.165, 1.54) is 6.42 Å². The average Bonchev–Trinajstić information content (AvgIpc) is 1.87. The van der Waals surface area contributed by atoms with Crippen LogP contribution in [-0.4, -0.2) is 13.5 Å². The van der Waals surface area contributed by atoms with Crippen LogP contribution in [-0.2, 0) is 0 Å². The second kappa shape index (κ2) is 4.86. The SMILES string of the molecule is C[B]NC(C)C(C)CC. The zero-order valence-electron chi connectivity index (χ0n) is 6.94. The Morgan fingerprint density at radius 2 is 2.00 bits per heavy atom. The number of rotatable bonds is 4. The average molecular weight is 126 g/mol. The second-order valence-corrected chi connectivity index (χ2v) is 2.63. The molecule has 0 rings (SSSR count). The zero-order valence-corrected chi connectivity index (χ0v) is 6.94. The monoisotopic (exact) mass is 126 g/mol. The zero-order chi connectivity index (χ0) is 7.28. The van der Waals surface area contributed by atoms with Crippen LogP contribution >= 0.6 is 0 Å². The van der Waals surface area contributed by atoms with E-state index >= 15 is 0 Å². The first-order chi connectivity index (χ1) is 4.22. The fourth-order valence-electron chi connectivity index (χ4n) is 0.781. The quantitative estimate of drug-likeness (QED) is 0.565. The van der Waals surface area contributed by atoms with E-state index in [9.17, 15) is 0 Å². The molecule has 2 atom stereocenters. The molecule has 0 spiro atoms. The Morgan fingerprint density at radius 1 is 1.44 bits per heavy atom. The van der Waals surface area contributed by atoms with Crippen molar-refractivity contribution in [2.24, 2.45) is 5.92 Å². The maximum Gasteiger partial charge on any atom is 0.201 e. The second-order valence-electron chi connectivity index (χ2n) is 2.63. The molecular formula is C7H17BN. The van der Waals surface area contributed by atoms with E-state index in [2.05, 4.69) is 26.0 Å². The van der Waals surface area contributed by atoms with Gasteiger partial charge in [-0.15, -0.1) is 0 Å². The molecule has 0 aromatic carbocycles. The summed E-state index contributed by atoms with van der Waals surface area (Å²) in [7, 11) is 2.01. The van der Waals surface area contributed by atoms with E-state index < -0.39 is 0 Å². The van der Waals surface area contributed by atoms with Gasteiger partial charge in [-0.3, -0.25) is 0 Å². The summed E-state index contributed by atoms with van der Waals surface area (Å²) in [6.07, 6.45) is 1.25. The van der Waals surface area contributed by atoms with E-state index in [1.807, 2.05) is 14.2 Å². The number of nitrogens with one attached hydrogen (secondary N) is 1. The molecule has 0 aromatic rings. The van der Waals surface area contributed by atoms with Gasteiger partial charge in [-0.25, -0.2) is 0 Å². The highest BCUT2D eigenvalue weighted by atomic mass is 14.8. The summed E-state index contributed by atoms with van der Waals surface area (Å²) in [5.41, 5.74) is 0. The highest BCUT2D eigenvalue weighted by molar-refractivity contribution is 6.30. The minimum absolute atomic E-state index is 0.625. The lowest BCUT2D eigenvalue weighted by molar-refractivity contribution is 0.443. The third-order valence-corrected chi connectivity index (χ3v) is 1.93. The summed E-state index contributed by atoms with van der Waals surface area (Å²) in [4.78, 5) is 0. The van der Waals surface area contributed by atoms with Crippen LogP contribution in [0.25, 0.3) is 0 Å². The molecule has 0 heterocycles. The molecule has 0 bridgehead atoms. The largest absolute Gasteiger partial charge is 0.358 e. The smallest absolute Gasteiger partial charge is 0.201 e. The summed E-state index contributed by atoms with van der Waals surface area (Å²) < 4.78 is 0. The van der Waals surface area contributed by atoms with Crippen LogP contribution < -0.4 is 5.23 Å². The van der Waals surface area contributed by atoms with Crippen molar-refractivity contribution in [2.75, 3.05) is 0 Å². The van der Waals surface area contributed by atoms with Crippen LogP contribution in [0.1, 0.15) is 27.2 Å². The van der Waals surface area contributed by atoms with Crippen LogP contribution in [0.15, 0.2) is 0 Å². The van der Waals surface area contributed by atoms with Crippen LogP contribution in [0.5, 0.6) is 0 Å². The first-order valence-corrected chi connectivity index (χ1v) is 3.76. The molecule has 2 unspecified atom stereocenters. The first kappa shape index (κ1) is 9.02. The normalized spacial score (nSPS) is 16.9. The predicted molar refractivity (Wildman–Crippen MR) is 43.7 cm³/mol. The molecule has 0 fully saturated rings. The molecule has 0 aliphatic rings. The fraction of sp³-hybridized carbons (Fsp3) is 1.00. The van der Waals surface area contributed by atoms with Crippen LogP contribution in [0.2, 0.25) is 6.82 Å². The Morgan fingerprint density at radius 3 is 2.33 bits per heavy atom. The first-order valence-electron chi connectivity index (χ1n) is 3.76. The maximum atomic E-state index is 3.27. The van der Waals surface area contributed by atoms with Crippen molar-refractivity contribution >= 4 is 7.41 Å². The molecule has 53 valence electrons. The van der Waals surface area contributed by atoms with Gasteiger partial charge >= 0.3 is 0 Å². The topological polar surface area (TPSA) is 12.0 Å². The van der Waals surface area contributed by atoms with Crippen LogP contribution in [0.3, 0.4) is 0 Å². The van der Waals surface area contributed by atoms with Gasteiger partial charge in [-0.2, -0.15) is 0 Å². The molecule has 0 saturated heterocycles. The van der Waals surface area contributed by atoms with E-state index in [4.69, 9.17) is 0 Å². The minimum Gasteiger partial charge on any atom is -0.358 e. The molecule has 0 amide bonds. The third kappa shape index (κ3) is 3.58. The van der Waals surface area contributed by atoms with Crippen molar-refractivity contribution in [1.29, 1.82) is 0 Å². The molecule has 1 N–H and O–H groups in total. The van der Waals surface area contributed by atoms with Crippen molar-refractivity contribution in [2.45, 2.75) is 40.1 Å². The van der Waals surface area contributed by atoms with Crippen molar-refractivity contribution < 1.29 is 0 Å². The van der Waals surface area contributed by atoms with Gasteiger partial charge in [0.15, 0.2) is 0 Å². The number of hydrogen-bond acceptors (Lipinski definition) is 1. The van der Waals surface area contributed by atoms with Gasteiger partial charge in [-0.05, 0) is 12.0 Å². The van der Waals surface area contributed by atoms with Crippen LogP contribution in [0, 0.1) is 5.92 Å². The molecule has 0 aliphatic carbocycles. The van der Waals surface area contributed by atoms with Gasteiger partial charge in [0, 0.05) is 0 Å². The molecular weight excluding hydrogens is 109 g/mol. The van der Waals surface area contributed by atoms with E-state index in [1.54, 1.807) is 0 Å². The highest BCUT2D eigenvalue weighted by Crippen LogP contribution is 2.05. The molecule has 0 saturated carbocycles. The summed E-state index contributed by atoms with van der Waals surface area (Å²) in [5.74, 6) is 0.779. The Kier molecular flexibility index (Phi) is 4.88. The minimum atomic E-state index is 0.625. The summed E-state index contributed by atoms with van der Waals surface area (Å²) in [6.45, 7) is 8.73. The van der Waals surface area contributed by atoms with Gasteiger partial charge in [0.1, 0.15) is 0 Å². The maximum absolute atomic E-state index is 3.27. The number of hydrogen-bond donors (Lipinski definition) is 1. The molecule has 0 aromatic heterocycles. The molecule has 2 heteroatoms. The Labute approximate surface area is 59.5 Å². The van der Waals surface area contributed by atoms with Crippen molar-refractivity contribution in [3.63, 3.8) is 0 Å². The van der Waals surface area contributed by atoms with Gasteiger partial charge in [0.2, 0.25) is 7.41 Å². The lowest BCUT2D eigenvalue weighted by Gasteiger charge is -2.18. The van der Waals surface area contributed by atoms with Gasteiger partial charge < -0.3 is 5.23 Å². The molecule has 9 heavy (non-hydrogen) atoms. The summed E-state index contributed by atoms with van der Waals surface area (Å²) >= 11 is 0. The summed E-state index contributed by atoms with van der Waals surface area (Å²) in [6, 6.07) is 0.625. The molecule has 1 nitrogen and oxygen atoms in total. The fourth-order valence-corrected chi connectivity index (χ4v) is 0.781. The van der Waals surface area contributed by atoms with Crippen molar-refractivity contribution in [3.05, 3.63) is 0 Å². The molecule has 0 aliphatic heterocycles. The predicted octanol–water partition coefficient (Wildman–Crippen LogP) is 1.68. The van der Waals surface area contributed by atoms with Gasteiger partial charge in [0.25, 0.3) is 0 Å². The van der Waals surface area contributed by atoms with Crippen molar-refractivity contribution in [3.8, 4) is 0 Å².